The van der Waals surface area contributed by atoms with Crippen LogP contribution in [0, 0.1) is 0 Å². The first-order valence-corrected chi connectivity index (χ1v) is 3.41. The molecule has 0 aromatic rings. The summed E-state index contributed by atoms with van der Waals surface area (Å²) in [5.74, 6) is 0. The van der Waals surface area contributed by atoms with Gasteiger partial charge >= 0.3 is 0 Å². The Balaban J connectivity index is 2.57. The van der Waals surface area contributed by atoms with Gasteiger partial charge in [0.1, 0.15) is 12.3 Å². The lowest BCUT2D eigenvalue weighted by atomic mass is 9.96. The molecule has 0 aliphatic heterocycles. The second-order valence-corrected chi connectivity index (χ2v) is 2.52. The predicted octanol–water partition coefficient (Wildman–Crippen LogP) is 1.34. The summed E-state index contributed by atoms with van der Waals surface area (Å²) in [5.41, 5.74) is 5.76. The Hall–Kier alpha value is -0.440. The average Bonchev–Trinajstić information content (AvgIpc) is 1.88. The minimum absolute atomic E-state index is 0.0109. The summed E-state index contributed by atoms with van der Waals surface area (Å²) in [6.45, 7) is 0.216. The maximum atomic E-state index is 12.7. The lowest BCUT2D eigenvalue weighted by molar-refractivity contribution is 0.227. The zero-order valence-corrected chi connectivity index (χ0v) is 5.69. The number of hydrogen-bond donors (Lipinski definition) is 1. The number of nitrogens with two attached hydrogens (primary N) is 1. The van der Waals surface area contributed by atoms with E-state index in [-0.39, 0.29) is 13.0 Å². The third kappa shape index (κ3) is 1.53. The van der Waals surface area contributed by atoms with E-state index in [4.69, 9.17) is 5.73 Å². The van der Waals surface area contributed by atoms with Crippen LogP contribution in [0.15, 0.2) is 11.6 Å². The lowest BCUT2D eigenvalue weighted by Gasteiger charge is -2.18. The van der Waals surface area contributed by atoms with Gasteiger partial charge in [-0.1, -0.05) is 6.08 Å². The highest BCUT2D eigenvalue weighted by atomic mass is 19.1. The normalized spacial score (nSPS) is 33.7. The van der Waals surface area contributed by atoms with Gasteiger partial charge in [-0.25, -0.2) is 8.78 Å². The van der Waals surface area contributed by atoms with E-state index in [0.29, 0.717) is 12.0 Å². The van der Waals surface area contributed by atoms with Gasteiger partial charge in [-0.05, 0) is 12.0 Å². The molecular weight excluding hydrogens is 136 g/mol. The minimum Gasteiger partial charge on any atom is -0.327 e. The molecule has 2 atom stereocenters. The van der Waals surface area contributed by atoms with Crippen LogP contribution < -0.4 is 5.73 Å². The summed E-state index contributed by atoms with van der Waals surface area (Å²) in [6, 6.07) is 0. The van der Waals surface area contributed by atoms with Gasteiger partial charge in [-0.2, -0.15) is 0 Å². The summed E-state index contributed by atoms with van der Waals surface area (Å²) in [5, 5.41) is 0. The zero-order chi connectivity index (χ0) is 7.56. The molecule has 0 saturated heterocycles. The Morgan fingerprint density at radius 2 is 2.30 bits per heavy atom. The molecule has 0 fully saturated rings. The summed E-state index contributed by atoms with van der Waals surface area (Å²) in [4.78, 5) is 0. The highest BCUT2D eigenvalue weighted by Gasteiger charge is 2.22. The van der Waals surface area contributed by atoms with E-state index in [0.717, 1.165) is 0 Å². The van der Waals surface area contributed by atoms with Crippen LogP contribution in [0.25, 0.3) is 0 Å². The molecule has 0 aromatic heterocycles. The van der Waals surface area contributed by atoms with E-state index in [1.807, 2.05) is 0 Å². The van der Waals surface area contributed by atoms with Gasteiger partial charge in [0, 0.05) is 13.0 Å². The van der Waals surface area contributed by atoms with Crippen LogP contribution in [0.1, 0.15) is 12.8 Å². The van der Waals surface area contributed by atoms with Crippen LogP contribution in [0.5, 0.6) is 0 Å². The maximum absolute atomic E-state index is 12.7. The topological polar surface area (TPSA) is 26.0 Å². The fourth-order valence-electron chi connectivity index (χ4n) is 1.09. The molecule has 1 nitrogen and oxygen atoms in total. The number of halogens is 2. The van der Waals surface area contributed by atoms with Gasteiger partial charge in [0.25, 0.3) is 0 Å². The highest BCUT2D eigenvalue weighted by molar-refractivity contribution is 5.14. The van der Waals surface area contributed by atoms with Crippen LogP contribution >= 0.6 is 0 Å². The molecule has 0 heterocycles. The van der Waals surface area contributed by atoms with Crippen molar-refractivity contribution >= 4 is 0 Å². The average molecular weight is 147 g/mol. The minimum atomic E-state index is -1.14. The third-order valence-corrected chi connectivity index (χ3v) is 1.74. The Bertz CT molecular complexity index is 145. The van der Waals surface area contributed by atoms with Gasteiger partial charge < -0.3 is 5.73 Å². The van der Waals surface area contributed by atoms with Crippen LogP contribution in [-0.4, -0.2) is 18.9 Å². The van der Waals surface area contributed by atoms with Crippen LogP contribution in [-0.2, 0) is 0 Å². The third-order valence-electron chi connectivity index (χ3n) is 1.74. The summed E-state index contributed by atoms with van der Waals surface area (Å²) < 4.78 is 25.1. The fourth-order valence-corrected chi connectivity index (χ4v) is 1.09. The Morgan fingerprint density at radius 1 is 1.60 bits per heavy atom. The summed E-state index contributed by atoms with van der Waals surface area (Å²) >= 11 is 0. The lowest BCUT2D eigenvalue weighted by Crippen LogP contribution is -2.22. The van der Waals surface area contributed by atoms with Crippen LogP contribution in [0.3, 0.4) is 0 Å². The standard InChI is InChI=1S/C7H11F2N/c8-6-2-1-5(4-10)7(9)3-6/h1,6-7H,2-4,10H2. The second kappa shape index (κ2) is 3.10. The molecular formula is C7H11F2N. The molecule has 0 spiro atoms. The van der Waals surface area contributed by atoms with Crippen molar-refractivity contribution in [2.24, 2.45) is 5.73 Å². The van der Waals surface area contributed by atoms with Gasteiger partial charge in [-0.15, -0.1) is 0 Å². The molecule has 0 saturated carbocycles. The number of allylic oxidation sites excluding steroid dienone is 1. The van der Waals surface area contributed by atoms with Crippen molar-refractivity contribution in [3.63, 3.8) is 0 Å². The van der Waals surface area contributed by atoms with Crippen molar-refractivity contribution < 1.29 is 8.78 Å². The molecule has 2 N–H and O–H groups in total. The fraction of sp³-hybridized carbons (Fsp3) is 0.714. The largest absolute Gasteiger partial charge is 0.327 e. The maximum Gasteiger partial charge on any atom is 0.125 e. The molecule has 10 heavy (non-hydrogen) atoms. The molecule has 1 aliphatic rings. The Morgan fingerprint density at radius 3 is 2.80 bits per heavy atom. The summed E-state index contributed by atoms with van der Waals surface area (Å²) in [6.07, 6.45) is -0.270. The van der Waals surface area contributed by atoms with E-state index < -0.39 is 12.3 Å². The number of rotatable bonds is 1. The van der Waals surface area contributed by atoms with Crippen molar-refractivity contribution in [1.82, 2.24) is 0 Å². The molecule has 3 heteroatoms. The van der Waals surface area contributed by atoms with Crippen LogP contribution in [0.2, 0.25) is 0 Å². The van der Waals surface area contributed by atoms with Crippen molar-refractivity contribution in [1.29, 1.82) is 0 Å². The monoisotopic (exact) mass is 147 g/mol. The van der Waals surface area contributed by atoms with Gasteiger partial charge in [0.15, 0.2) is 0 Å². The van der Waals surface area contributed by atoms with E-state index in [9.17, 15) is 8.78 Å². The number of hydrogen-bond acceptors (Lipinski definition) is 1. The molecule has 1 rings (SSSR count). The number of alkyl halides is 2. The first-order chi connectivity index (χ1) is 4.74. The molecule has 0 amide bonds. The van der Waals surface area contributed by atoms with Crippen molar-refractivity contribution in [2.45, 2.75) is 25.2 Å². The second-order valence-electron chi connectivity index (χ2n) is 2.52. The smallest absolute Gasteiger partial charge is 0.125 e. The van der Waals surface area contributed by atoms with Gasteiger partial charge in [-0.3, -0.25) is 0 Å². The molecule has 1 aliphatic carbocycles. The van der Waals surface area contributed by atoms with Gasteiger partial charge in [0.2, 0.25) is 0 Å². The van der Waals surface area contributed by atoms with Gasteiger partial charge in [0.05, 0.1) is 0 Å². The molecule has 0 aromatic carbocycles. The van der Waals surface area contributed by atoms with Crippen molar-refractivity contribution in [2.75, 3.05) is 6.54 Å². The van der Waals surface area contributed by atoms with Crippen molar-refractivity contribution in [3.8, 4) is 0 Å². The van der Waals surface area contributed by atoms with E-state index >= 15 is 0 Å². The quantitative estimate of drug-likeness (QED) is 0.556. The summed E-state index contributed by atoms with van der Waals surface area (Å²) in [7, 11) is 0. The predicted molar refractivity (Wildman–Crippen MR) is 36.2 cm³/mol. The van der Waals surface area contributed by atoms with Crippen molar-refractivity contribution in [3.05, 3.63) is 11.6 Å². The molecule has 0 bridgehead atoms. The highest BCUT2D eigenvalue weighted by Crippen LogP contribution is 2.22. The zero-order valence-electron chi connectivity index (χ0n) is 5.69. The van der Waals surface area contributed by atoms with E-state index in [1.165, 1.54) is 0 Å². The van der Waals surface area contributed by atoms with E-state index in [2.05, 4.69) is 0 Å². The first-order valence-electron chi connectivity index (χ1n) is 3.41. The SMILES string of the molecule is NCC1=CCC(F)CC1F. The molecule has 2 unspecified atom stereocenters. The molecule has 58 valence electrons. The van der Waals surface area contributed by atoms with E-state index in [1.54, 1.807) is 6.08 Å². The Labute approximate surface area is 58.9 Å². The molecule has 0 radical (unpaired) electrons. The Kier molecular flexibility index (Phi) is 2.38. The first kappa shape index (κ1) is 7.66. The van der Waals surface area contributed by atoms with Crippen LogP contribution in [0.4, 0.5) is 8.78 Å².